The number of alkyl halides is 3. The summed E-state index contributed by atoms with van der Waals surface area (Å²) in [5, 5.41) is 7.10. The number of H-pyrrole nitrogens is 1. The van der Waals surface area contributed by atoms with Crippen LogP contribution in [0, 0.1) is 6.92 Å². The Hall–Kier alpha value is -3.57. The molecule has 0 bridgehead atoms. The van der Waals surface area contributed by atoms with Crippen LogP contribution in [0.5, 0.6) is 0 Å². The first-order chi connectivity index (χ1) is 14.4. The number of rotatable bonds is 3. The van der Waals surface area contributed by atoms with Crippen molar-refractivity contribution in [2.75, 3.05) is 18.0 Å². The van der Waals surface area contributed by atoms with E-state index in [1.54, 1.807) is 12.3 Å². The molecule has 0 amide bonds. The molecule has 1 unspecified atom stereocenters. The van der Waals surface area contributed by atoms with E-state index < -0.39 is 11.9 Å². The minimum Gasteiger partial charge on any atom is -0.356 e. The van der Waals surface area contributed by atoms with E-state index in [-0.39, 0.29) is 17.4 Å². The fourth-order valence-corrected chi connectivity index (χ4v) is 3.57. The SMILES string of the molecule is Cc1nc(C2CCN(c3ccnc(-c4cnc5cnc(C(F)(F)F)cn45)n3)C2)n[nH]1. The minimum atomic E-state index is -4.55. The van der Waals surface area contributed by atoms with Crippen molar-refractivity contribution in [2.24, 2.45) is 0 Å². The largest absolute Gasteiger partial charge is 0.434 e. The van der Waals surface area contributed by atoms with E-state index in [1.807, 2.05) is 6.92 Å². The molecule has 5 rings (SSSR count). The average molecular weight is 415 g/mol. The van der Waals surface area contributed by atoms with E-state index in [2.05, 4.69) is 40.0 Å². The topological polar surface area (TPSA) is 101 Å². The van der Waals surface area contributed by atoms with Gasteiger partial charge in [-0.25, -0.2) is 24.9 Å². The molecular formula is C18H16F3N9. The van der Waals surface area contributed by atoms with E-state index in [1.165, 1.54) is 10.6 Å². The zero-order chi connectivity index (χ0) is 20.9. The van der Waals surface area contributed by atoms with Crippen molar-refractivity contribution in [3.05, 3.63) is 48.2 Å². The van der Waals surface area contributed by atoms with Crippen LogP contribution >= 0.6 is 0 Å². The summed E-state index contributed by atoms with van der Waals surface area (Å²) in [5.74, 6) is 2.71. The van der Waals surface area contributed by atoms with Crippen LogP contribution < -0.4 is 4.90 Å². The number of halogens is 3. The van der Waals surface area contributed by atoms with Crippen LogP contribution in [0.1, 0.15) is 29.7 Å². The predicted octanol–water partition coefficient (Wildman–Crippen LogP) is 2.63. The van der Waals surface area contributed by atoms with Gasteiger partial charge in [-0.15, -0.1) is 0 Å². The standard InChI is InChI=1S/C18H16F3N9/c1-10-25-16(28-27-10)11-3-5-29(8-11)14-2-4-22-17(26-14)12-6-24-15-7-23-13(9-30(12)15)18(19,20)21/h2,4,6-7,9,11H,3,5,8H2,1H3,(H,25,27,28). The summed E-state index contributed by atoms with van der Waals surface area (Å²) >= 11 is 0. The van der Waals surface area contributed by atoms with Gasteiger partial charge in [0.05, 0.1) is 12.4 Å². The quantitative estimate of drug-likeness (QED) is 0.549. The lowest BCUT2D eigenvalue weighted by Gasteiger charge is -2.17. The Kier molecular flexibility index (Phi) is 4.15. The van der Waals surface area contributed by atoms with Crippen LogP contribution in [-0.4, -0.2) is 52.6 Å². The number of nitrogens with one attached hydrogen (secondary N) is 1. The molecule has 5 heterocycles. The molecule has 4 aromatic heterocycles. The lowest BCUT2D eigenvalue weighted by molar-refractivity contribution is -0.141. The van der Waals surface area contributed by atoms with Crippen LogP contribution in [0.4, 0.5) is 19.0 Å². The molecular weight excluding hydrogens is 399 g/mol. The molecule has 9 nitrogen and oxygen atoms in total. The number of imidazole rings is 1. The summed E-state index contributed by atoms with van der Waals surface area (Å²) in [7, 11) is 0. The van der Waals surface area contributed by atoms with Gasteiger partial charge in [-0.05, 0) is 19.4 Å². The van der Waals surface area contributed by atoms with Gasteiger partial charge in [0.2, 0.25) is 0 Å². The molecule has 1 N–H and O–H groups in total. The first kappa shape index (κ1) is 18.5. The molecule has 154 valence electrons. The van der Waals surface area contributed by atoms with Gasteiger partial charge in [-0.2, -0.15) is 18.3 Å². The molecule has 4 aromatic rings. The normalized spacial score (nSPS) is 17.2. The van der Waals surface area contributed by atoms with Gasteiger partial charge >= 0.3 is 6.18 Å². The Balaban J connectivity index is 1.46. The van der Waals surface area contributed by atoms with Gasteiger partial charge in [-0.1, -0.05) is 0 Å². The Morgan fingerprint density at radius 2 is 2.00 bits per heavy atom. The number of nitrogens with zero attached hydrogens (tertiary/aromatic N) is 8. The van der Waals surface area contributed by atoms with Crippen LogP contribution in [0.25, 0.3) is 17.2 Å². The lowest BCUT2D eigenvalue weighted by atomic mass is 10.1. The van der Waals surface area contributed by atoms with Crippen molar-refractivity contribution in [3.63, 3.8) is 0 Å². The molecule has 0 spiro atoms. The molecule has 1 saturated heterocycles. The number of anilines is 1. The summed E-state index contributed by atoms with van der Waals surface area (Å²) in [6.45, 7) is 3.32. The molecule has 1 aliphatic rings. The van der Waals surface area contributed by atoms with Crippen LogP contribution in [-0.2, 0) is 6.18 Å². The van der Waals surface area contributed by atoms with Gasteiger partial charge in [-0.3, -0.25) is 9.50 Å². The second kappa shape index (κ2) is 6.75. The van der Waals surface area contributed by atoms with Gasteiger partial charge in [0.25, 0.3) is 0 Å². The maximum Gasteiger partial charge on any atom is 0.434 e. The second-order valence-corrected chi connectivity index (χ2v) is 7.09. The van der Waals surface area contributed by atoms with E-state index in [0.29, 0.717) is 18.1 Å². The summed E-state index contributed by atoms with van der Waals surface area (Å²) < 4.78 is 40.5. The average Bonchev–Trinajstić information content (AvgIpc) is 3.46. The molecule has 1 fully saturated rings. The number of fused-ring (bicyclic) bond motifs is 1. The predicted molar refractivity (Wildman–Crippen MR) is 99.7 cm³/mol. The van der Waals surface area contributed by atoms with E-state index >= 15 is 0 Å². The molecule has 1 atom stereocenters. The highest BCUT2D eigenvalue weighted by atomic mass is 19.4. The third kappa shape index (κ3) is 3.23. The Morgan fingerprint density at radius 3 is 2.77 bits per heavy atom. The van der Waals surface area contributed by atoms with E-state index in [4.69, 9.17) is 0 Å². The highest BCUT2D eigenvalue weighted by molar-refractivity contribution is 5.58. The highest BCUT2D eigenvalue weighted by Crippen LogP contribution is 2.30. The number of aryl methyl sites for hydroxylation is 1. The fraction of sp³-hybridized carbons (Fsp3) is 0.333. The van der Waals surface area contributed by atoms with Crippen molar-refractivity contribution >= 4 is 11.5 Å². The van der Waals surface area contributed by atoms with Gasteiger partial charge in [0.15, 0.2) is 23.0 Å². The summed E-state index contributed by atoms with van der Waals surface area (Å²) in [4.78, 5) is 22.9. The smallest absolute Gasteiger partial charge is 0.356 e. The van der Waals surface area contributed by atoms with Crippen molar-refractivity contribution in [3.8, 4) is 11.5 Å². The fourth-order valence-electron chi connectivity index (χ4n) is 3.57. The monoisotopic (exact) mass is 415 g/mol. The van der Waals surface area contributed by atoms with Crippen LogP contribution in [0.15, 0.2) is 30.9 Å². The zero-order valence-corrected chi connectivity index (χ0v) is 15.8. The molecule has 0 saturated carbocycles. The second-order valence-electron chi connectivity index (χ2n) is 7.09. The number of aromatic nitrogens is 8. The molecule has 0 radical (unpaired) electrons. The first-order valence-electron chi connectivity index (χ1n) is 9.26. The van der Waals surface area contributed by atoms with Crippen molar-refractivity contribution in [1.82, 2.24) is 39.5 Å². The molecule has 1 aliphatic heterocycles. The number of aromatic amines is 1. The van der Waals surface area contributed by atoms with E-state index in [9.17, 15) is 13.2 Å². The Morgan fingerprint density at radius 1 is 1.13 bits per heavy atom. The maximum absolute atomic E-state index is 13.1. The summed E-state index contributed by atoms with van der Waals surface area (Å²) in [5.41, 5.74) is -0.358. The first-order valence-corrected chi connectivity index (χ1v) is 9.26. The third-order valence-corrected chi connectivity index (χ3v) is 5.05. The van der Waals surface area contributed by atoms with Gasteiger partial charge in [0, 0.05) is 31.4 Å². The molecule has 0 aromatic carbocycles. The van der Waals surface area contributed by atoms with Crippen LogP contribution in [0.3, 0.4) is 0 Å². The Bertz CT molecular complexity index is 1210. The lowest BCUT2D eigenvalue weighted by Crippen LogP contribution is -2.21. The van der Waals surface area contributed by atoms with Crippen molar-refractivity contribution in [2.45, 2.75) is 25.4 Å². The zero-order valence-electron chi connectivity index (χ0n) is 15.8. The third-order valence-electron chi connectivity index (χ3n) is 5.05. The molecule has 0 aliphatic carbocycles. The highest BCUT2D eigenvalue weighted by Gasteiger charge is 2.33. The van der Waals surface area contributed by atoms with E-state index in [0.717, 1.165) is 37.0 Å². The maximum atomic E-state index is 13.1. The van der Waals surface area contributed by atoms with Crippen molar-refractivity contribution < 1.29 is 13.2 Å². The van der Waals surface area contributed by atoms with Gasteiger partial charge in [0.1, 0.15) is 17.3 Å². The summed E-state index contributed by atoms with van der Waals surface area (Å²) in [6.07, 6.45) is 1.35. The van der Waals surface area contributed by atoms with Crippen molar-refractivity contribution in [1.29, 1.82) is 0 Å². The van der Waals surface area contributed by atoms with Crippen LogP contribution in [0.2, 0.25) is 0 Å². The molecule has 12 heteroatoms. The number of hydrogen-bond acceptors (Lipinski definition) is 7. The molecule has 30 heavy (non-hydrogen) atoms. The Labute approximate surface area is 168 Å². The summed E-state index contributed by atoms with van der Waals surface area (Å²) in [6, 6.07) is 1.78. The minimum absolute atomic E-state index is 0.185. The number of hydrogen-bond donors (Lipinski definition) is 1. The van der Waals surface area contributed by atoms with Gasteiger partial charge < -0.3 is 4.90 Å².